The highest BCUT2D eigenvalue weighted by Gasteiger charge is 2.29. The van der Waals surface area contributed by atoms with Gasteiger partial charge in [0.15, 0.2) is 0 Å². The first-order valence-corrected chi connectivity index (χ1v) is 7.06. The van der Waals surface area contributed by atoms with Crippen LogP contribution in [0.4, 0.5) is 0 Å². The largest absolute Gasteiger partial charge is 0.469 e. The Morgan fingerprint density at radius 2 is 2.05 bits per heavy atom. The Bertz CT molecular complexity index is 306. The highest BCUT2D eigenvalue weighted by atomic mass is 16.5. The molecule has 1 fully saturated rings. The van der Waals surface area contributed by atoms with E-state index in [2.05, 4.69) is 4.90 Å². The number of carbonyl (C=O) groups is 2. The van der Waals surface area contributed by atoms with Gasteiger partial charge in [0.1, 0.15) is 0 Å². The van der Waals surface area contributed by atoms with Crippen LogP contribution >= 0.6 is 0 Å². The molecule has 0 saturated carbocycles. The molecule has 1 rings (SSSR count). The van der Waals surface area contributed by atoms with Crippen molar-refractivity contribution in [1.29, 1.82) is 0 Å². The molecular formula is C14H25NO4. The van der Waals surface area contributed by atoms with E-state index in [4.69, 9.17) is 9.47 Å². The second-order valence-electron chi connectivity index (χ2n) is 5.03. The molecule has 19 heavy (non-hydrogen) atoms. The van der Waals surface area contributed by atoms with E-state index in [9.17, 15) is 9.59 Å². The van der Waals surface area contributed by atoms with Gasteiger partial charge in [0.05, 0.1) is 26.6 Å². The predicted molar refractivity (Wildman–Crippen MR) is 71.7 cm³/mol. The zero-order chi connectivity index (χ0) is 14.3. The molecule has 0 radical (unpaired) electrons. The van der Waals surface area contributed by atoms with E-state index in [-0.39, 0.29) is 24.0 Å². The average Bonchev–Trinajstić information content (AvgIpc) is 2.39. The maximum absolute atomic E-state index is 11.5. The minimum absolute atomic E-state index is 0.106. The van der Waals surface area contributed by atoms with E-state index >= 15 is 0 Å². The van der Waals surface area contributed by atoms with Gasteiger partial charge in [-0.05, 0) is 33.2 Å². The lowest BCUT2D eigenvalue weighted by molar-refractivity contribution is -0.145. The third-order valence-corrected chi connectivity index (χ3v) is 3.64. The summed E-state index contributed by atoms with van der Waals surface area (Å²) in [4.78, 5) is 25.2. The summed E-state index contributed by atoms with van der Waals surface area (Å²) in [6.07, 6.45) is 4.02. The second-order valence-corrected chi connectivity index (χ2v) is 5.03. The van der Waals surface area contributed by atoms with Gasteiger partial charge in [-0.25, -0.2) is 0 Å². The summed E-state index contributed by atoms with van der Waals surface area (Å²) in [5.74, 6) is -0.349. The Labute approximate surface area is 115 Å². The molecule has 0 N–H and O–H groups in total. The molecule has 1 aliphatic rings. The SMILES string of the molecule is CCOC(=O)CC(C)N1CCCCC1CC(=O)OC. The average molecular weight is 271 g/mol. The van der Waals surface area contributed by atoms with Crippen molar-refractivity contribution in [2.45, 2.75) is 58.0 Å². The minimum atomic E-state index is -0.180. The number of rotatable bonds is 6. The minimum Gasteiger partial charge on any atom is -0.469 e. The van der Waals surface area contributed by atoms with Gasteiger partial charge in [0.2, 0.25) is 0 Å². The van der Waals surface area contributed by atoms with Crippen LogP contribution in [0.15, 0.2) is 0 Å². The smallest absolute Gasteiger partial charge is 0.307 e. The summed E-state index contributed by atoms with van der Waals surface area (Å²) in [7, 11) is 1.41. The van der Waals surface area contributed by atoms with Crippen LogP contribution in [-0.2, 0) is 19.1 Å². The van der Waals surface area contributed by atoms with Crippen molar-refractivity contribution in [2.24, 2.45) is 0 Å². The van der Waals surface area contributed by atoms with Crippen LogP contribution in [-0.4, -0.2) is 49.2 Å². The molecule has 1 aliphatic heterocycles. The Morgan fingerprint density at radius 1 is 1.32 bits per heavy atom. The zero-order valence-electron chi connectivity index (χ0n) is 12.2. The standard InChI is InChI=1S/C14H25NO4/c1-4-19-14(17)9-11(2)15-8-6-5-7-12(15)10-13(16)18-3/h11-12H,4-10H2,1-3H3. The van der Waals surface area contributed by atoms with Crippen LogP contribution in [0.1, 0.15) is 46.0 Å². The predicted octanol–water partition coefficient (Wildman–Crippen LogP) is 1.75. The van der Waals surface area contributed by atoms with Crippen LogP contribution in [0.5, 0.6) is 0 Å². The van der Waals surface area contributed by atoms with Crippen molar-refractivity contribution < 1.29 is 19.1 Å². The van der Waals surface area contributed by atoms with Crippen LogP contribution in [0, 0.1) is 0 Å². The van der Waals surface area contributed by atoms with E-state index in [0.29, 0.717) is 19.4 Å². The van der Waals surface area contributed by atoms with Crippen molar-refractivity contribution in [3.05, 3.63) is 0 Å². The van der Waals surface area contributed by atoms with Gasteiger partial charge < -0.3 is 9.47 Å². The maximum Gasteiger partial charge on any atom is 0.307 e. The summed E-state index contributed by atoms with van der Waals surface area (Å²) >= 11 is 0. The number of nitrogens with zero attached hydrogens (tertiary/aromatic N) is 1. The Balaban J connectivity index is 2.55. The molecule has 0 aromatic heterocycles. The number of piperidine rings is 1. The zero-order valence-corrected chi connectivity index (χ0v) is 12.2. The third-order valence-electron chi connectivity index (χ3n) is 3.64. The van der Waals surface area contributed by atoms with E-state index in [0.717, 1.165) is 25.8 Å². The lowest BCUT2D eigenvalue weighted by atomic mass is 9.96. The number of hydrogen-bond acceptors (Lipinski definition) is 5. The van der Waals surface area contributed by atoms with Crippen molar-refractivity contribution in [3.8, 4) is 0 Å². The Hall–Kier alpha value is -1.10. The van der Waals surface area contributed by atoms with Gasteiger partial charge in [0.25, 0.3) is 0 Å². The number of ether oxygens (including phenoxy) is 2. The fourth-order valence-electron chi connectivity index (χ4n) is 2.68. The molecule has 5 nitrogen and oxygen atoms in total. The number of carbonyl (C=O) groups excluding carboxylic acids is 2. The molecule has 0 aromatic carbocycles. The number of esters is 2. The van der Waals surface area contributed by atoms with Gasteiger partial charge in [-0.1, -0.05) is 6.42 Å². The maximum atomic E-state index is 11.5. The molecule has 1 saturated heterocycles. The number of likely N-dealkylation sites (tertiary alicyclic amines) is 1. The van der Waals surface area contributed by atoms with Gasteiger partial charge in [-0.15, -0.1) is 0 Å². The molecule has 5 heteroatoms. The second kappa shape index (κ2) is 8.15. The highest BCUT2D eigenvalue weighted by Crippen LogP contribution is 2.23. The van der Waals surface area contributed by atoms with Gasteiger partial charge in [-0.2, -0.15) is 0 Å². The van der Waals surface area contributed by atoms with Gasteiger partial charge >= 0.3 is 11.9 Å². The fourth-order valence-corrected chi connectivity index (χ4v) is 2.68. The lowest BCUT2D eigenvalue weighted by Gasteiger charge is -2.39. The molecule has 0 aromatic rings. The lowest BCUT2D eigenvalue weighted by Crippen LogP contribution is -2.47. The fraction of sp³-hybridized carbons (Fsp3) is 0.857. The van der Waals surface area contributed by atoms with Gasteiger partial charge in [0, 0.05) is 12.1 Å². The van der Waals surface area contributed by atoms with Crippen molar-refractivity contribution in [3.63, 3.8) is 0 Å². The first-order valence-electron chi connectivity index (χ1n) is 7.06. The summed E-state index contributed by atoms with van der Waals surface area (Å²) in [6, 6.07) is 0.291. The van der Waals surface area contributed by atoms with Crippen molar-refractivity contribution in [2.75, 3.05) is 20.3 Å². The third kappa shape index (κ3) is 5.19. The van der Waals surface area contributed by atoms with Crippen LogP contribution in [0.3, 0.4) is 0 Å². The molecule has 0 bridgehead atoms. The van der Waals surface area contributed by atoms with Crippen LogP contribution in [0.2, 0.25) is 0 Å². The molecule has 1 heterocycles. The molecule has 0 spiro atoms. The van der Waals surface area contributed by atoms with Crippen LogP contribution < -0.4 is 0 Å². The summed E-state index contributed by atoms with van der Waals surface area (Å²) < 4.78 is 9.73. The van der Waals surface area contributed by atoms with Crippen LogP contribution in [0.25, 0.3) is 0 Å². The van der Waals surface area contributed by atoms with E-state index in [1.54, 1.807) is 0 Å². The van der Waals surface area contributed by atoms with E-state index in [1.165, 1.54) is 7.11 Å². The van der Waals surface area contributed by atoms with Crippen molar-refractivity contribution in [1.82, 2.24) is 4.90 Å². The normalized spacial score (nSPS) is 21.7. The molecular weight excluding hydrogens is 246 g/mol. The van der Waals surface area contributed by atoms with E-state index in [1.807, 2.05) is 13.8 Å². The number of hydrogen-bond donors (Lipinski definition) is 0. The topological polar surface area (TPSA) is 55.8 Å². The van der Waals surface area contributed by atoms with Gasteiger partial charge in [-0.3, -0.25) is 14.5 Å². The number of methoxy groups -OCH3 is 1. The summed E-state index contributed by atoms with van der Waals surface area (Å²) in [5, 5.41) is 0. The monoisotopic (exact) mass is 271 g/mol. The molecule has 0 amide bonds. The van der Waals surface area contributed by atoms with E-state index < -0.39 is 0 Å². The Kier molecular flexibility index (Phi) is 6.84. The summed E-state index contributed by atoms with van der Waals surface area (Å²) in [6.45, 7) is 5.18. The van der Waals surface area contributed by atoms with Crippen molar-refractivity contribution >= 4 is 11.9 Å². The first kappa shape index (κ1) is 16.0. The molecule has 110 valence electrons. The summed E-state index contributed by atoms with van der Waals surface area (Å²) in [5.41, 5.74) is 0. The Morgan fingerprint density at radius 3 is 2.68 bits per heavy atom. The quantitative estimate of drug-likeness (QED) is 0.689. The molecule has 2 unspecified atom stereocenters. The molecule has 0 aliphatic carbocycles. The first-order chi connectivity index (χ1) is 9.08. The molecule has 2 atom stereocenters. The highest BCUT2D eigenvalue weighted by molar-refractivity contribution is 5.70.